The van der Waals surface area contributed by atoms with Crippen molar-refractivity contribution in [1.29, 1.82) is 0 Å². The Hall–Kier alpha value is -1.77. The van der Waals surface area contributed by atoms with E-state index in [1.165, 1.54) is 35.7 Å². The number of carbonyl (C=O) groups excluding carboxylic acids is 1. The minimum absolute atomic E-state index is 0.313. The van der Waals surface area contributed by atoms with Crippen LogP contribution < -0.4 is 0 Å². The molecule has 0 bridgehead atoms. The second-order valence-electron chi connectivity index (χ2n) is 7.22. The fourth-order valence-electron chi connectivity index (χ4n) is 4.45. The van der Waals surface area contributed by atoms with E-state index in [1.54, 1.807) is 0 Å². The lowest BCUT2D eigenvalue weighted by atomic mass is 9.86. The summed E-state index contributed by atoms with van der Waals surface area (Å²) in [5.74, 6) is 1.33. The number of carbonyl (C=O) groups is 1. The van der Waals surface area contributed by atoms with Crippen LogP contribution in [0, 0.1) is 5.92 Å². The highest BCUT2D eigenvalue weighted by molar-refractivity contribution is 5.83. The summed E-state index contributed by atoms with van der Waals surface area (Å²) in [5, 5.41) is 1.35. The van der Waals surface area contributed by atoms with Gasteiger partial charge in [0.15, 0.2) is 0 Å². The Morgan fingerprint density at radius 1 is 1.00 bits per heavy atom. The van der Waals surface area contributed by atoms with Crippen molar-refractivity contribution < 1.29 is 4.79 Å². The van der Waals surface area contributed by atoms with Gasteiger partial charge in [0.2, 0.25) is 5.91 Å². The summed E-state index contributed by atoms with van der Waals surface area (Å²) in [4.78, 5) is 18.2. The molecule has 122 valence electrons. The van der Waals surface area contributed by atoms with Gasteiger partial charge in [0.1, 0.15) is 0 Å². The number of fused-ring (bicyclic) bond motifs is 1. The molecule has 2 heterocycles. The van der Waals surface area contributed by atoms with Crippen molar-refractivity contribution in [1.82, 2.24) is 9.88 Å². The second-order valence-corrected chi connectivity index (χ2v) is 7.22. The number of rotatable bonds is 2. The van der Waals surface area contributed by atoms with E-state index < -0.39 is 0 Å². The van der Waals surface area contributed by atoms with Crippen LogP contribution in [-0.4, -0.2) is 28.9 Å². The number of nitrogens with one attached hydrogen (secondary N) is 1. The average Bonchev–Trinajstić information content (AvgIpc) is 3.06. The Morgan fingerprint density at radius 2 is 1.74 bits per heavy atom. The summed E-state index contributed by atoms with van der Waals surface area (Å²) >= 11 is 0. The number of benzene rings is 1. The van der Waals surface area contributed by atoms with Crippen molar-refractivity contribution >= 4 is 16.8 Å². The molecule has 1 aromatic carbocycles. The Kier molecular flexibility index (Phi) is 4.11. The van der Waals surface area contributed by atoms with Crippen LogP contribution in [0.2, 0.25) is 0 Å². The van der Waals surface area contributed by atoms with Gasteiger partial charge in [-0.2, -0.15) is 0 Å². The number of nitrogens with zero attached hydrogens (tertiary/aromatic N) is 1. The molecule has 3 nitrogen and oxygen atoms in total. The molecule has 1 saturated heterocycles. The summed E-state index contributed by atoms with van der Waals surface area (Å²) < 4.78 is 0. The van der Waals surface area contributed by atoms with Gasteiger partial charge in [0.25, 0.3) is 0 Å². The normalized spacial score (nSPS) is 21.0. The minimum atomic E-state index is 0.313. The molecule has 23 heavy (non-hydrogen) atoms. The molecule has 1 N–H and O–H groups in total. The molecule has 1 saturated carbocycles. The highest BCUT2D eigenvalue weighted by atomic mass is 16.2. The SMILES string of the molecule is O=C(C1CCCCC1)N1CCC(c2c[nH]c3ccccc23)CC1. The third-order valence-corrected chi connectivity index (χ3v) is 5.82. The van der Waals surface area contributed by atoms with E-state index in [0.29, 0.717) is 17.7 Å². The molecule has 0 spiro atoms. The number of piperidine rings is 1. The minimum Gasteiger partial charge on any atom is -0.361 e. The van der Waals surface area contributed by atoms with Gasteiger partial charge in [-0.1, -0.05) is 37.5 Å². The van der Waals surface area contributed by atoms with Gasteiger partial charge in [0.05, 0.1) is 0 Å². The molecular weight excluding hydrogens is 284 g/mol. The van der Waals surface area contributed by atoms with Crippen LogP contribution in [0.3, 0.4) is 0 Å². The molecule has 4 rings (SSSR count). The first-order valence-corrected chi connectivity index (χ1v) is 9.18. The van der Waals surface area contributed by atoms with Crippen molar-refractivity contribution in [3.63, 3.8) is 0 Å². The zero-order valence-corrected chi connectivity index (χ0v) is 13.8. The van der Waals surface area contributed by atoms with Gasteiger partial charge in [0, 0.05) is 36.1 Å². The van der Waals surface area contributed by atoms with Crippen molar-refractivity contribution in [3.05, 3.63) is 36.0 Å². The quantitative estimate of drug-likeness (QED) is 0.873. The first-order chi connectivity index (χ1) is 11.3. The van der Waals surface area contributed by atoms with Crippen LogP contribution >= 0.6 is 0 Å². The first-order valence-electron chi connectivity index (χ1n) is 9.18. The fourth-order valence-corrected chi connectivity index (χ4v) is 4.45. The zero-order valence-electron chi connectivity index (χ0n) is 13.8. The molecule has 1 aliphatic carbocycles. The number of para-hydroxylation sites is 1. The number of aromatic amines is 1. The van der Waals surface area contributed by atoms with Gasteiger partial charge in [-0.05, 0) is 43.2 Å². The van der Waals surface area contributed by atoms with Crippen LogP contribution in [-0.2, 0) is 4.79 Å². The van der Waals surface area contributed by atoms with Gasteiger partial charge >= 0.3 is 0 Å². The van der Waals surface area contributed by atoms with Crippen LogP contribution in [0.4, 0.5) is 0 Å². The van der Waals surface area contributed by atoms with Crippen molar-refractivity contribution in [2.75, 3.05) is 13.1 Å². The van der Waals surface area contributed by atoms with Crippen LogP contribution in [0.25, 0.3) is 10.9 Å². The molecule has 0 unspecified atom stereocenters. The summed E-state index contributed by atoms with van der Waals surface area (Å²) in [6.07, 6.45) is 10.4. The topological polar surface area (TPSA) is 36.1 Å². The van der Waals surface area contributed by atoms with Gasteiger partial charge < -0.3 is 9.88 Å². The molecule has 3 heteroatoms. The first kappa shape index (κ1) is 14.8. The maximum atomic E-state index is 12.7. The lowest BCUT2D eigenvalue weighted by Gasteiger charge is -2.35. The maximum absolute atomic E-state index is 12.7. The number of hydrogen-bond acceptors (Lipinski definition) is 1. The Balaban J connectivity index is 1.41. The van der Waals surface area contributed by atoms with E-state index in [9.17, 15) is 4.79 Å². The van der Waals surface area contributed by atoms with Crippen LogP contribution in [0.5, 0.6) is 0 Å². The number of H-pyrrole nitrogens is 1. The lowest BCUT2D eigenvalue weighted by Crippen LogP contribution is -2.41. The van der Waals surface area contributed by atoms with Crippen LogP contribution in [0.1, 0.15) is 56.4 Å². The largest absolute Gasteiger partial charge is 0.361 e. The number of amides is 1. The molecule has 2 aromatic rings. The van der Waals surface area contributed by atoms with Crippen molar-refractivity contribution in [2.24, 2.45) is 5.92 Å². The molecule has 0 atom stereocenters. The second kappa shape index (κ2) is 6.38. The van der Waals surface area contributed by atoms with E-state index in [1.807, 2.05) is 0 Å². The summed E-state index contributed by atoms with van der Waals surface area (Å²) in [7, 11) is 0. The van der Waals surface area contributed by atoms with E-state index in [2.05, 4.69) is 40.3 Å². The highest BCUT2D eigenvalue weighted by Gasteiger charge is 2.30. The third kappa shape index (κ3) is 2.89. The summed E-state index contributed by atoms with van der Waals surface area (Å²) in [6, 6.07) is 8.54. The molecule has 1 amide bonds. The summed E-state index contributed by atoms with van der Waals surface area (Å²) in [5.41, 5.74) is 2.66. The van der Waals surface area contributed by atoms with Crippen molar-refractivity contribution in [3.8, 4) is 0 Å². The monoisotopic (exact) mass is 310 g/mol. The standard InChI is InChI=1S/C20H26N2O/c23-20(16-6-2-1-3-7-16)22-12-10-15(11-13-22)18-14-21-19-9-5-4-8-17(18)19/h4-5,8-9,14-16,21H,1-3,6-7,10-13H2. The smallest absolute Gasteiger partial charge is 0.225 e. The molecule has 2 aliphatic rings. The number of likely N-dealkylation sites (tertiary alicyclic amines) is 1. The van der Waals surface area contributed by atoms with E-state index >= 15 is 0 Å². The Bertz CT molecular complexity index is 676. The van der Waals surface area contributed by atoms with Crippen LogP contribution in [0.15, 0.2) is 30.5 Å². The lowest BCUT2D eigenvalue weighted by molar-refractivity contribution is -0.137. The summed E-state index contributed by atoms with van der Waals surface area (Å²) in [6.45, 7) is 1.86. The van der Waals surface area contributed by atoms with Gasteiger partial charge in [-0.25, -0.2) is 0 Å². The molecule has 1 aromatic heterocycles. The van der Waals surface area contributed by atoms with E-state index in [0.717, 1.165) is 38.8 Å². The predicted octanol–water partition coefficient (Wildman–Crippen LogP) is 4.45. The molecule has 1 aliphatic heterocycles. The molecular formula is C20H26N2O. The van der Waals surface area contributed by atoms with E-state index in [-0.39, 0.29) is 0 Å². The van der Waals surface area contributed by atoms with Crippen molar-refractivity contribution in [2.45, 2.75) is 50.9 Å². The third-order valence-electron chi connectivity index (χ3n) is 5.82. The highest BCUT2D eigenvalue weighted by Crippen LogP contribution is 2.34. The fraction of sp³-hybridized carbons (Fsp3) is 0.550. The predicted molar refractivity (Wildman–Crippen MR) is 93.4 cm³/mol. The average molecular weight is 310 g/mol. The Labute approximate surface area is 138 Å². The van der Waals surface area contributed by atoms with Gasteiger partial charge in [-0.3, -0.25) is 4.79 Å². The zero-order chi connectivity index (χ0) is 15.6. The number of aromatic nitrogens is 1. The molecule has 0 radical (unpaired) electrons. The molecule has 2 fully saturated rings. The van der Waals surface area contributed by atoms with E-state index in [4.69, 9.17) is 0 Å². The number of hydrogen-bond donors (Lipinski definition) is 1. The maximum Gasteiger partial charge on any atom is 0.225 e. The van der Waals surface area contributed by atoms with Gasteiger partial charge in [-0.15, -0.1) is 0 Å². The Morgan fingerprint density at radius 3 is 2.52 bits per heavy atom.